The normalized spacial score (nSPS) is 24.6. The molecular formula is C16H24N3S+. The quantitative estimate of drug-likeness (QED) is 0.811. The fourth-order valence-corrected chi connectivity index (χ4v) is 3.65. The van der Waals surface area contributed by atoms with Crippen LogP contribution in [0.2, 0.25) is 0 Å². The molecule has 2 aliphatic rings. The molecule has 1 saturated carbocycles. The number of thiocarbonyl (C=S) groups is 1. The van der Waals surface area contributed by atoms with Crippen LogP contribution < -0.4 is 15.1 Å². The van der Waals surface area contributed by atoms with Crippen molar-refractivity contribution in [1.82, 2.24) is 5.32 Å². The molecule has 20 heavy (non-hydrogen) atoms. The molecule has 0 aromatic heterocycles. The van der Waals surface area contributed by atoms with E-state index in [9.17, 15) is 0 Å². The Morgan fingerprint density at radius 2 is 2.05 bits per heavy atom. The summed E-state index contributed by atoms with van der Waals surface area (Å²) in [5.74, 6) is 0. The van der Waals surface area contributed by atoms with E-state index in [-0.39, 0.29) is 0 Å². The van der Waals surface area contributed by atoms with Gasteiger partial charge < -0.3 is 5.32 Å². The summed E-state index contributed by atoms with van der Waals surface area (Å²) in [6.07, 6.45) is 6.93. The fraction of sp³-hybridized carbons (Fsp3) is 0.562. The lowest BCUT2D eigenvalue weighted by Gasteiger charge is -2.40. The van der Waals surface area contributed by atoms with Crippen molar-refractivity contribution in [3.63, 3.8) is 0 Å². The predicted octanol–water partition coefficient (Wildman–Crippen LogP) is 1.82. The van der Waals surface area contributed by atoms with Crippen molar-refractivity contribution < 1.29 is 4.90 Å². The maximum Gasteiger partial charge on any atom is 0.182 e. The van der Waals surface area contributed by atoms with Crippen LogP contribution in [0, 0.1) is 6.92 Å². The van der Waals surface area contributed by atoms with Gasteiger partial charge in [-0.2, -0.15) is 0 Å². The van der Waals surface area contributed by atoms with Gasteiger partial charge in [0.2, 0.25) is 0 Å². The van der Waals surface area contributed by atoms with Gasteiger partial charge in [0, 0.05) is 5.69 Å². The van der Waals surface area contributed by atoms with Gasteiger partial charge >= 0.3 is 0 Å². The maximum absolute atomic E-state index is 5.51. The first-order valence-corrected chi connectivity index (χ1v) is 8.11. The van der Waals surface area contributed by atoms with Crippen molar-refractivity contribution >= 4 is 23.0 Å². The Kier molecular flexibility index (Phi) is 4.22. The lowest BCUT2D eigenvalue weighted by molar-refractivity contribution is -0.929. The van der Waals surface area contributed by atoms with Gasteiger partial charge in [-0.25, -0.2) is 0 Å². The van der Waals surface area contributed by atoms with E-state index in [1.165, 1.54) is 43.4 Å². The van der Waals surface area contributed by atoms with Crippen LogP contribution in [0.25, 0.3) is 0 Å². The molecule has 1 aliphatic heterocycles. The average molecular weight is 290 g/mol. The molecule has 1 atom stereocenters. The number of nitrogens with one attached hydrogen (secondary N) is 2. The monoisotopic (exact) mass is 290 g/mol. The summed E-state index contributed by atoms with van der Waals surface area (Å²) in [6, 6.07) is 9.42. The highest BCUT2D eigenvalue weighted by molar-refractivity contribution is 7.80. The Balaban J connectivity index is 1.74. The topological polar surface area (TPSA) is 19.7 Å². The molecule has 2 fully saturated rings. The van der Waals surface area contributed by atoms with Crippen LogP contribution in [0.5, 0.6) is 0 Å². The number of hydrogen-bond acceptors (Lipinski definition) is 1. The summed E-state index contributed by atoms with van der Waals surface area (Å²) in [5, 5.41) is 4.29. The van der Waals surface area contributed by atoms with E-state index >= 15 is 0 Å². The Morgan fingerprint density at radius 1 is 1.25 bits per heavy atom. The maximum atomic E-state index is 5.51. The number of rotatable bonds is 2. The Labute approximate surface area is 126 Å². The minimum Gasteiger partial charge on any atom is -0.315 e. The number of quaternary nitrogens is 1. The molecule has 3 nitrogen and oxygen atoms in total. The SMILES string of the molecule is Cc1cccc(N2C[NH+](C3CCCCC3)CNC2=S)c1. The van der Waals surface area contributed by atoms with Gasteiger partial charge in [-0.15, -0.1) is 0 Å². The molecule has 1 aliphatic carbocycles. The lowest BCUT2D eigenvalue weighted by atomic mass is 9.94. The van der Waals surface area contributed by atoms with E-state index in [1.54, 1.807) is 4.90 Å². The molecule has 3 rings (SSSR count). The Morgan fingerprint density at radius 3 is 2.80 bits per heavy atom. The number of benzene rings is 1. The van der Waals surface area contributed by atoms with E-state index in [2.05, 4.69) is 41.4 Å². The lowest BCUT2D eigenvalue weighted by Crippen LogP contribution is -3.20. The first kappa shape index (κ1) is 13.8. The molecule has 1 unspecified atom stereocenters. The van der Waals surface area contributed by atoms with Crippen LogP contribution in [0.15, 0.2) is 24.3 Å². The summed E-state index contributed by atoms with van der Waals surface area (Å²) < 4.78 is 0. The third-order valence-corrected chi connectivity index (χ3v) is 4.93. The fourth-order valence-electron chi connectivity index (χ4n) is 3.40. The smallest absolute Gasteiger partial charge is 0.182 e. The molecule has 0 bridgehead atoms. The summed E-state index contributed by atoms with van der Waals surface area (Å²) >= 11 is 5.51. The van der Waals surface area contributed by atoms with Crippen LogP contribution >= 0.6 is 12.2 Å². The van der Waals surface area contributed by atoms with E-state index in [0.717, 1.165) is 24.5 Å². The number of anilines is 1. The van der Waals surface area contributed by atoms with E-state index in [0.29, 0.717) is 0 Å². The molecule has 1 heterocycles. The van der Waals surface area contributed by atoms with E-state index in [1.807, 2.05) is 0 Å². The Bertz CT molecular complexity index is 482. The first-order chi connectivity index (χ1) is 9.74. The molecule has 2 N–H and O–H groups in total. The van der Waals surface area contributed by atoms with Crippen molar-refractivity contribution in [1.29, 1.82) is 0 Å². The van der Waals surface area contributed by atoms with Crippen molar-refractivity contribution in [3.05, 3.63) is 29.8 Å². The molecule has 0 radical (unpaired) electrons. The van der Waals surface area contributed by atoms with Crippen LogP contribution in [0.4, 0.5) is 5.69 Å². The van der Waals surface area contributed by atoms with E-state index in [4.69, 9.17) is 12.2 Å². The van der Waals surface area contributed by atoms with Crippen LogP contribution in [-0.4, -0.2) is 24.5 Å². The minimum absolute atomic E-state index is 0.798. The first-order valence-electron chi connectivity index (χ1n) is 7.70. The second-order valence-corrected chi connectivity index (χ2v) is 6.46. The molecule has 108 valence electrons. The highest BCUT2D eigenvalue weighted by atomic mass is 32.1. The van der Waals surface area contributed by atoms with Crippen molar-refractivity contribution in [2.75, 3.05) is 18.2 Å². The van der Waals surface area contributed by atoms with Gasteiger partial charge in [-0.1, -0.05) is 18.6 Å². The molecule has 4 heteroatoms. The highest BCUT2D eigenvalue weighted by Crippen LogP contribution is 2.18. The Hall–Kier alpha value is -1.13. The van der Waals surface area contributed by atoms with E-state index < -0.39 is 0 Å². The van der Waals surface area contributed by atoms with Gasteiger partial charge in [-0.05, 0) is 62.5 Å². The molecule has 0 spiro atoms. The van der Waals surface area contributed by atoms with Crippen molar-refractivity contribution in [2.45, 2.75) is 45.1 Å². The zero-order valence-corrected chi connectivity index (χ0v) is 13.0. The summed E-state index contributed by atoms with van der Waals surface area (Å²) in [4.78, 5) is 3.90. The molecule has 1 saturated heterocycles. The summed E-state index contributed by atoms with van der Waals surface area (Å²) in [7, 11) is 0. The molecule has 0 amide bonds. The van der Waals surface area contributed by atoms with Crippen molar-refractivity contribution in [3.8, 4) is 0 Å². The molecule has 1 aromatic carbocycles. The van der Waals surface area contributed by atoms with Gasteiger partial charge in [0.15, 0.2) is 18.4 Å². The zero-order chi connectivity index (χ0) is 13.9. The van der Waals surface area contributed by atoms with Crippen LogP contribution in [0.1, 0.15) is 37.7 Å². The summed E-state index contributed by atoms with van der Waals surface area (Å²) in [6.45, 7) is 4.11. The molecule has 1 aromatic rings. The third kappa shape index (κ3) is 2.96. The number of hydrogen-bond donors (Lipinski definition) is 2. The van der Waals surface area contributed by atoms with Gasteiger partial charge in [0.1, 0.15) is 0 Å². The van der Waals surface area contributed by atoms with Gasteiger partial charge in [-0.3, -0.25) is 9.80 Å². The minimum atomic E-state index is 0.798. The summed E-state index contributed by atoms with van der Waals surface area (Å²) in [5.41, 5.74) is 2.51. The zero-order valence-electron chi connectivity index (χ0n) is 12.2. The average Bonchev–Trinajstić information content (AvgIpc) is 2.48. The van der Waals surface area contributed by atoms with Crippen molar-refractivity contribution in [2.24, 2.45) is 0 Å². The number of nitrogens with zero attached hydrogens (tertiary/aromatic N) is 1. The third-order valence-electron chi connectivity index (χ3n) is 4.57. The number of aryl methyl sites for hydroxylation is 1. The van der Waals surface area contributed by atoms with Crippen LogP contribution in [0.3, 0.4) is 0 Å². The predicted molar refractivity (Wildman–Crippen MR) is 87.0 cm³/mol. The largest absolute Gasteiger partial charge is 0.315 e. The standard InChI is InChI=1S/C16H23N3S/c1-13-6-5-9-15(10-13)19-12-18(11-17-16(19)20)14-7-3-2-4-8-14/h5-6,9-10,14H,2-4,7-8,11-12H2,1H3,(H,17,20)/p+1. The second-order valence-electron chi connectivity index (χ2n) is 6.08. The van der Waals surface area contributed by atoms with Gasteiger partial charge in [0.25, 0.3) is 0 Å². The highest BCUT2D eigenvalue weighted by Gasteiger charge is 2.31. The molecular weight excluding hydrogens is 266 g/mol. The second kappa shape index (κ2) is 6.10. The van der Waals surface area contributed by atoms with Crippen LogP contribution in [-0.2, 0) is 0 Å². The van der Waals surface area contributed by atoms with Gasteiger partial charge in [0.05, 0.1) is 6.04 Å².